The van der Waals surface area contributed by atoms with Crippen molar-refractivity contribution in [1.82, 2.24) is 9.88 Å². The summed E-state index contributed by atoms with van der Waals surface area (Å²) in [7, 11) is 3.20. The van der Waals surface area contributed by atoms with E-state index in [1.807, 2.05) is 48.5 Å². The number of fused-ring (bicyclic) bond motifs is 3. The van der Waals surface area contributed by atoms with Crippen molar-refractivity contribution in [3.63, 3.8) is 0 Å². The van der Waals surface area contributed by atoms with Crippen LogP contribution in [0.1, 0.15) is 21.5 Å². The average Bonchev–Trinajstić information content (AvgIpc) is 2.94. The highest BCUT2D eigenvalue weighted by atomic mass is 35.5. The first-order valence-corrected chi connectivity index (χ1v) is 12.6. The number of carbonyl (C=O) groups excluding carboxylic acids is 1. The molecule has 0 aliphatic carbocycles. The van der Waals surface area contributed by atoms with E-state index in [2.05, 4.69) is 5.32 Å². The molecule has 0 spiro atoms. The molecule has 1 N–H and O–H groups in total. The maximum absolute atomic E-state index is 13.7. The van der Waals surface area contributed by atoms with E-state index in [4.69, 9.17) is 32.7 Å². The van der Waals surface area contributed by atoms with Gasteiger partial charge in [-0.25, -0.2) is 0 Å². The summed E-state index contributed by atoms with van der Waals surface area (Å²) in [5.41, 5.74) is 2.51. The normalized spacial score (nSPS) is 11.1. The summed E-state index contributed by atoms with van der Waals surface area (Å²) >= 11 is 12.8. The molecular formula is C30H24Cl2N2O4. The van der Waals surface area contributed by atoms with Gasteiger partial charge >= 0.3 is 0 Å². The Kier molecular flexibility index (Phi) is 7.27. The molecule has 192 valence electrons. The topological polar surface area (TPSA) is 69.6 Å². The molecule has 5 aromatic rings. The zero-order valence-corrected chi connectivity index (χ0v) is 22.3. The Bertz CT molecular complexity index is 1710. The molecule has 0 bridgehead atoms. The van der Waals surface area contributed by atoms with Gasteiger partial charge in [-0.1, -0.05) is 53.5 Å². The van der Waals surface area contributed by atoms with E-state index < -0.39 is 0 Å². The number of methoxy groups -OCH3 is 2. The molecule has 0 aliphatic rings. The van der Waals surface area contributed by atoms with E-state index in [0.29, 0.717) is 43.8 Å². The van der Waals surface area contributed by atoms with Crippen LogP contribution in [0.4, 0.5) is 0 Å². The maximum atomic E-state index is 13.7. The van der Waals surface area contributed by atoms with Crippen molar-refractivity contribution in [3.05, 3.63) is 116 Å². The number of pyridine rings is 1. The third-order valence-corrected chi connectivity index (χ3v) is 6.91. The monoisotopic (exact) mass is 546 g/mol. The van der Waals surface area contributed by atoms with E-state index in [9.17, 15) is 9.59 Å². The summed E-state index contributed by atoms with van der Waals surface area (Å²) in [5, 5.41) is 5.44. The molecule has 0 fully saturated rings. The fourth-order valence-electron chi connectivity index (χ4n) is 4.53. The smallest absolute Gasteiger partial charge is 0.259 e. The van der Waals surface area contributed by atoms with Crippen LogP contribution < -0.4 is 20.3 Å². The van der Waals surface area contributed by atoms with Crippen LogP contribution in [0.15, 0.2) is 83.7 Å². The molecule has 0 aliphatic heterocycles. The number of amides is 1. The molecule has 0 unspecified atom stereocenters. The first-order valence-electron chi connectivity index (χ1n) is 11.9. The van der Waals surface area contributed by atoms with Crippen LogP contribution >= 0.6 is 23.2 Å². The minimum atomic E-state index is -0.306. The third-order valence-electron chi connectivity index (χ3n) is 6.46. The van der Waals surface area contributed by atoms with E-state index in [0.717, 1.165) is 22.6 Å². The highest BCUT2D eigenvalue weighted by Crippen LogP contribution is 2.31. The zero-order valence-electron chi connectivity index (χ0n) is 20.8. The van der Waals surface area contributed by atoms with Crippen molar-refractivity contribution in [3.8, 4) is 11.5 Å². The third kappa shape index (κ3) is 5.05. The lowest BCUT2D eigenvalue weighted by molar-refractivity contribution is 0.0952. The largest absolute Gasteiger partial charge is 0.497 e. The van der Waals surface area contributed by atoms with Crippen LogP contribution in [0, 0.1) is 0 Å². The summed E-state index contributed by atoms with van der Waals surface area (Å²) in [6.07, 6.45) is 0. The van der Waals surface area contributed by atoms with Gasteiger partial charge in [0, 0.05) is 27.4 Å². The van der Waals surface area contributed by atoms with Crippen molar-refractivity contribution in [2.45, 2.75) is 13.1 Å². The second kappa shape index (κ2) is 10.8. The van der Waals surface area contributed by atoms with Gasteiger partial charge in [-0.2, -0.15) is 0 Å². The Labute approximate surface area is 229 Å². The van der Waals surface area contributed by atoms with Gasteiger partial charge in [-0.15, -0.1) is 0 Å². The van der Waals surface area contributed by atoms with Crippen LogP contribution in [-0.2, 0) is 13.1 Å². The maximum Gasteiger partial charge on any atom is 0.259 e. The average molecular weight is 547 g/mol. The van der Waals surface area contributed by atoms with Crippen LogP contribution in [0.3, 0.4) is 0 Å². The minimum absolute atomic E-state index is 0.224. The van der Waals surface area contributed by atoms with E-state index in [1.165, 1.54) is 0 Å². The number of aromatic nitrogens is 1. The van der Waals surface area contributed by atoms with Crippen LogP contribution in [0.2, 0.25) is 10.0 Å². The standard InChI is InChI=1S/C30H24Cl2N2O4/c1-37-22-8-3-18(4-9-22)16-33-29(35)26-14-21(32)15-27-28(26)24-12-7-20(31)13-25(24)30(36)34(27)17-19-5-10-23(38-2)11-6-19/h3-15H,16-17H2,1-2H3,(H,33,35). The number of nitrogens with zero attached hydrogens (tertiary/aromatic N) is 1. The van der Waals surface area contributed by atoms with E-state index in [-0.39, 0.29) is 18.0 Å². The first-order chi connectivity index (χ1) is 18.4. The van der Waals surface area contributed by atoms with E-state index in [1.54, 1.807) is 49.1 Å². The minimum Gasteiger partial charge on any atom is -0.497 e. The van der Waals surface area contributed by atoms with Crippen LogP contribution in [-0.4, -0.2) is 24.7 Å². The van der Waals surface area contributed by atoms with Gasteiger partial charge in [0.2, 0.25) is 0 Å². The Morgan fingerprint density at radius 1 is 0.789 bits per heavy atom. The van der Waals surface area contributed by atoms with Gasteiger partial charge in [0.25, 0.3) is 11.5 Å². The fourth-order valence-corrected chi connectivity index (χ4v) is 4.91. The summed E-state index contributed by atoms with van der Waals surface area (Å²) in [5.74, 6) is 1.15. The van der Waals surface area contributed by atoms with Crippen molar-refractivity contribution < 1.29 is 14.3 Å². The molecule has 5 rings (SSSR count). The van der Waals surface area contributed by atoms with Gasteiger partial charge in [0.05, 0.1) is 31.8 Å². The summed E-state index contributed by atoms with van der Waals surface area (Å²) in [4.78, 5) is 27.2. The van der Waals surface area contributed by atoms with Crippen molar-refractivity contribution in [1.29, 1.82) is 0 Å². The lowest BCUT2D eigenvalue weighted by Crippen LogP contribution is -2.25. The Hall–Kier alpha value is -4.00. The predicted molar refractivity (Wildman–Crippen MR) is 152 cm³/mol. The molecule has 8 heteroatoms. The summed E-state index contributed by atoms with van der Waals surface area (Å²) in [6.45, 7) is 0.584. The zero-order chi connectivity index (χ0) is 26.8. The highest BCUT2D eigenvalue weighted by Gasteiger charge is 2.19. The van der Waals surface area contributed by atoms with Gasteiger partial charge in [-0.05, 0) is 65.0 Å². The number of benzene rings is 4. The van der Waals surface area contributed by atoms with Gasteiger partial charge < -0.3 is 19.4 Å². The number of hydrogen-bond donors (Lipinski definition) is 1. The number of rotatable bonds is 7. The Morgan fingerprint density at radius 2 is 1.42 bits per heavy atom. The Balaban J connectivity index is 1.64. The van der Waals surface area contributed by atoms with E-state index >= 15 is 0 Å². The molecule has 1 aromatic heterocycles. The number of halogens is 2. The number of hydrogen-bond acceptors (Lipinski definition) is 4. The molecule has 6 nitrogen and oxygen atoms in total. The van der Waals surface area contributed by atoms with Gasteiger partial charge in [0.1, 0.15) is 11.5 Å². The molecule has 0 atom stereocenters. The molecule has 38 heavy (non-hydrogen) atoms. The molecule has 4 aromatic carbocycles. The van der Waals surface area contributed by atoms with Gasteiger partial charge in [-0.3, -0.25) is 9.59 Å². The van der Waals surface area contributed by atoms with Crippen molar-refractivity contribution >= 4 is 50.8 Å². The second-order valence-corrected chi connectivity index (χ2v) is 9.68. The predicted octanol–water partition coefficient (Wildman–Crippen LogP) is 6.46. The van der Waals surface area contributed by atoms with Crippen molar-refractivity contribution in [2.75, 3.05) is 14.2 Å². The highest BCUT2D eigenvalue weighted by molar-refractivity contribution is 6.33. The molecular weight excluding hydrogens is 523 g/mol. The first kappa shape index (κ1) is 25.6. The van der Waals surface area contributed by atoms with Gasteiger partial charge in [0.15, 0.2) is 0 Å². The number of carbonyl (C=O) groups is 1. The molecule has 1 heterocycles. The quantitative estimate of drug-likeness (QED) is 0.238. The lowest BCUT2D eigenvalue weighted by atomic mass is 10.00. The molecule has 0 saturated heterocycles. The summed E-state index contributed by atoms with van der Waals surface area (Å²) in [6, 6.07) is 23.4. The fraction of sp³-hybridized carbons (Fsp3) is 0.133. The van der Waals surface area contributed by atoms with Crippen molar-refractivity contribution in [2.24, 2.45) is 0 Å². The lowest BCUT2D eigenvalue weighted by Gasteiger charge is -2.17. The molecule has 1 amide bonds. The Morgan fingerprint density at radius 3 is 2.05 bits per heavy atom. The summed E-state index contributed by atoms with van der Waals surface area (Å²) < 4.78 is 12.1. The van der Waals surface area contributed by atoms with Crippen LogP contribution in [0.5, 0.6) is 11.5 Å². The van der Waals surface area contributed by atoms with Crippen LogP contribution in [0.25, 0.3) is 21.7 Å². The molecule has 0 saturated carbocycles. The number of nitrogens with one attached hydrogen (secondary N) is 1. The molecule has 0 radical (unpaired) electrons. The second-order valence-electron chi connectivity index (χ2n) is 8.81. The SMILES string of the molecule is COc1ccc(CNC(=O)c2cc(Cl)cc3c2c2ccc(Cl)cc2c(=O)n3Cc2ccc(OC)cc2)cc1. The number of ether oxygens (including phenoxy) is 2.